The fourth-order valence-electron chi connectivity index (χ4n) is 2.16. The highest BCUT2D eigenvalue weighted by atomic mass is 79.9. The number of hydrogen-bond donors (Lipinski definition) is 1. The Hall–Kier alpha value is -1.68. The maximum atomic E-state index is 12.6. The van der Waals surface area contributed by atoms with E-state index in [1.54, 1.807) is 12.1 Å². The van der Waals surface area contributed by atoms with Gasteiger partial charge in [-0.2, -0.15) is 5.26 Å². The van der Waals surface area contributed by atoms with Crippen LogP contribution in [0, 0.1) is 18.3 Å². The number of nitriles is 1. The molecule has 2 aromatic rings. The zero-order valence-corrected chi connectivity index (χ0v) is 15.0. The fraction of sp³-hybridized carbons (Fsp3) is 0.250. The molecule has 0 unspecified atom stereocenters. The number of amides is 1. The Labute approximate surface area is 142 Å². The van der Waals surface area contributed by atoms with Crippen molar-refractivity contribution in [3.8, 4) is 6.07 Å². The van der Waals surface area contributed by atoms with Crippen LogP contribution in [-0.2, 0) is 0 Å². The molecular formula is C16H16BrN3OS. The molecule has 2 N–H and O–H groups in total. The summed E-state index contributed by atoms with van der Waals surface area (Å²) >= 11 is 4.69. The van der Waals surface area contributed by atoms with Crippen molar-refractivity contribution in [3.63, 3.8) is 0 Å². The predicted molar refractivity (Wildman–Crippen MR) is 93.0 cm³/mol. The van der Waals surface area contributed by atoms with Crippen molar-refractivity contribution in [1.82, 2.24) is 0 Å². The van der Waals surface area contributed by atoms with Crippen LogP contribution in [0.3, 0.4) is 0 Å². The molecular weight excluding hydrogens is 362 g/mol. The van der Waals surface area contributed by atoms with Crippen molar-refractivity contribution >= 4 is 38.2 Å². The minimum atomic E-state index is -0.321. The van der Waals surface area contributed by atoms with E-state index in [0.717, 1.165) is 20.6 Å². The third kappa shape index (κ3) is 3.07. The van der Waals surface area contributed by atoms with E-state index in [4.69, 9.17) is 5.84 Å². The molecule has 0 spiro atoms. The van der Waals surface area contributed by atoms with Crippen molar-refractivity contribution in [1.29, 1.82) is 5.26 Å². The van der Waals surface area contributed by atoms with Crippen LogP contribution in [0.1, 0.15) is 46.8 Å². The van der Waals surface area contributed by atoms with E-state index < -0.39 is 0 Å². The molecule has 1 aromatic heterocycles. The summed E-state index contributed by atoms with van der Waals surface area (Å²) in [5, 5.41) is 12.8. The Bertz CT molecular complexity index is 761. The van der Waals surface area contributed by atoms with Crippen LogP contribution in [0.15, 0.2) is 28.1 Å². The normalized spacial score (nSPS) is 10.6. The average Bonchev–Trinajstić information content (AvgIpc) is 2.89. The molecule has 1 aromatic carbocycles. The molecule has 1 heterocycles. The summed E-state index contributed by atoms with van der Waals surface area (Å²) in [6, 6.07) is 7.55. The van der Waals surface area contributed by atoms with Gasteiger partial charge in [-0.3, -0.25) is 4.79 Å². The zero-order valence-electron chi connectivity index (χ0n) is 12.6. The molecule has 1 amide bonds. The highest BCUT2D eigenvalue weighted by molar-refractivity contribution is 9.10. The van der Waals surface area contributed by atoms with E-state index in [9.17, 15) is 10.1 Å². The van der Waals surface area contributed by atoms with Gasteiger partial charge < -0.3 is 0 Å². The third-order valence-corrected chi connectivity index (χ3v) is 4.88. The van der Waals surface area contributed by atoms with Gasteiger partial charge in [0.1, 0.15) is 11.1 Å². The van der Waals surface area contributed by atoms with Crippen molar-refractivity contribution < 1.29 is 4.79 Å². The lowest BCUT2D eigenvalue weighted by molar-refractivity contribution is 0.0987. The van der Waals surface area contributed by atoms with E-state index in [2.05, 4.69) is 22.0 Å². The predicted octanol–water partition coefficient (Wildman–Crippen LogP) is 4.33. The molecule has 2 rings (SSSR count). The van der Waals surface area contributed by atoms with Crippen LogP contribution >= 0.6 is 27.3 Å². The molecule has 0 aliphatic carbocycles. The van der Waals surface area contributed by atoms with Crippen LogP contribution in [0.25, 0.3) is 0 Å². The van der Waals surface area contributed by atoms with Gasteiger partial charge in [-0.1, -0.05) is 29.8 Å². The summed E-state index contributed by atoms with van der Waals surface area (Å²) in [5.74, 6) is 5.88. The van der Waals surface area contributed by atoms with Crippen molar-refractivity contribution in [2.75, 3.05) is 5.01 Å². The Morgan fingerprint density at radius 2 is 2.14 bits per heavy atom. The lowest BCUT2D eigenvalue weighted by atomic mass is 10.0. The van der Waals surface area contributed by atoms with Gasteiger partial charge in [-0.05, 0) is 47.5 Å². The van der Waals surface area contributed by atoms with Gasteiger partial charge in [0.15, 0.2) is 0 Å². The smallest absolute Gasteiger partial charge is 0.267 e. The van der Waals surface area contributed by atoms with E-state index in [0.29, 0.717) is 16.1 Å². The summed E-state index contributed by atoms with van der Waals surface area (Å²) in [7, 11) is 0. The molecule has 0 aliphatic rings. The molecule has 4 nitrogen and oxygen atoms in total. The number of halogens is 1. The van der Waals surface area contributed by atoms with E-state index in [1.807, 2.05) is 32.2 Å². The number of hydrazine groups is 1. The quantitative estimate of drug-likeness (QED) is 0.491. The fourth-order valence-corrected chi connectivity index (χ4v) is 3.75. The molecule has 0 saturated carbocycles. The first kappa shape index (κ1) is 16.7. The van der Waals surface area contributed by atoms with Gasteiger partial charge in [0.25, 0.3) is 5.91 Å². The first-order valence-electron chi connectivity index (χ1n) is 6.73. The molecule has 0 bridgehead atoms. The molecule has 0 fully saturated rings. The van der Waals surface area contributed by atoms with Crippen LogP contribution < -0.4 is 10.9 Å². The second kappa shape index (κ2) is 6.61. The maximum Gasteiger partial charge on any atom is 0.273 e. The molecule has 114 valence electrons. The van der Waals surface area contributed by atoms with E-state index in [1.165, 1.54) is 11.3 Å². The number of anilines is 1. The van der Waals surface area contributed by atoms with E-state index in [-0.39, 0.29) is 11.8 Å². The summed E-state index contributed by atoms with van der Waals surface area (Å²) < 4.78 is 0.904. The number of aryl methyl sites for hydroxylation is 1. The van der Waals surface area contributed by atoms with Gasteiger partial charge >= 0.3 is 0 Å². The van der Waals surface area contributed by atoms with Crippen LogP contribution in [0.4, 0.5) is 5.00 Å². The number of carbonyl (C=O) groups is 1. The minimum absolute atomic E-state index is 0.206. The second-order valence-electron chi connectivity index (χ2n) is 5.27. The number of carbonyl (C=O) groups excluding carboxylic acids is 1. The molecule has 0 atom stereocenters. The number of nitrogens with zero attached hydrogens (tertiary/aromatic N) is 2. The van der Waals surface area contributed by atoms with Crippen LogP contribution in [-0.4, -0.2) is 5.91 Å². The van der Waals surface area contributed by atoms with Crippen molar-refractivity contribution in [2.24, 2.45) is 5.84 Å². The number of hydrogen-bond acceptors (Lipinski definition) is 4. The molecule has 0 saturated heterocycles. The standard InChI is InChI=1S/C16H16BrN3OS/c1-9(2)14-8-22-16(13(14)7-18)20(19)15(21)12-5-4-11(17)6-10(12)3/h4-6,8-9H,19H2,1-3H3. The monoisotopic (exact) mass is 377 g/mol. The maximum absolute atomic E-state index is 12.6. The number of rotatable bonds is 3. The van der Waals surface area contributed by atoms with Gasteiger partial charge in [-0.15, -0.1) is 11.3 Å². The van der Waals surface area contributed by atoms with Gasteiger partial charge in [-0.25, -0.2) is 10.9 Å². The number of benzene rings is 1. The second-order valence-corrected chi connectivity index (χ2v) is 7.05. The van der Waals surface area contributed by atoms with Gasteiger partial charge in [0, 0.05) is 10.0 Å². The SMILES string of the molecule is Cc1cc(Br)ccc1C(=O)N(N)c1scc(C(C)C)c1C#N. The first-order valence-corrected chi connectivity index (χ1v) is 8.40. The molecule has 0 aliphatic heterocycles. The van der Waals surface area contributed by atoms with Gasteiger partial charge in [0.2, 0.25) is 0 Å². The molecule has 0 radical (unpaired) electrons. The summed E-state index contributed by atoms with van der Waals surface area (Å²) in [6.45, 7) is 5.87. The van der Waals surface area contributed by atoms with E-state index >= 15 is 0 Å². The van der Waals surface area contributed by atoms with Gasteiger partial charge in [0.05, 0.1) is 5.56 Å². The Morgan fingerprint density at radius 3 is 2.68 bits per heavy atom. The summed E-state index contributed by atoms with van der Waals surface area (Å²) in [6.07, 6.45) is 0. The van der Waals surface area contributed by atoms with Crippen molar-refractivity contribution in [3.05, 3.63) is 50.3 Å². The summed E-state index contributed by atoms with van der Waals surface area (Å²) in [5.41, 5.74) is 2.74. The van der Waals surface area contributed by atoms with Crippen molar-refractivity contribution in [2.45, 2.75) is 26.7 Å². The summed E-state index contributed by atoms with van der Waals surface area (Å²) in [4.78, 5) is 12.6. The Kier molecular flexibility index (Phi) is 5.01. The highest BCUT2D eigenvalue weighted by Gasteiger charge is 2.23. The lowest BCUT2D eigenvalue weighted by Gasteiger charge is -2.17. The first-order chi connectivity index (χ1) is 10.4. The topological polar surface area (TPSA) is 70.1 Å². The number of nitrogens with two attached hydrogens (primary N) is 1. The minimum Gasteiger partial charge on any atom is -0.267 e. The molecule has 6 heteroatoms. The third-order valence-electron chi connectivity index (χ3n) is 3.39. The average molecular weight is 378 g/mol. The lowest BCUT2D eigenvalue weighted by Crippen LogP contribution is -2.37. The molecule has 22 heavy (non-hydrogen) atoms. The zero-order chi connectivity index (χ0) is 16.4. The highest BCUT2D eigenvalue weighted by Crippen LogP contribution is 2.34. The van der Waals surface area contributed by atoms with Crippen LogP contribution in [0.5, 0.6) is 0 Å². The van der Waals surface area contributed by atoms with Crippen LogP contribution in [0.2, 0.25) is 0 Å². The Balaban J connectivity index is 2.42. The largest absolute Gasteiger partial charge is 0.273 e. The number of thiophene rings is 1. The Morgan fingerprint density at radius 1 is 1.45 bits per heavy atom.